The van der Waals surface area contributed by atoms with Crippen molar-refractivity contribution in [1.82, 2.24) is 19.7 Å². The number of piperazine rings is 1. The molecule has 1 unspecified atom stereocenters. The lowest BCUT2D eigenvalue weighted by molar-refractivity contribution is -0.152. The predicted octanol–water partition coefficient (Wildman–Crippen LogP) is 1.14. The van der Waals surface area contributed by atoms with E-state index in [-0.39, 0.29) is 44.4 Å². The third-order valence-electron chi connectivity index (χ3n) is 4.77. The fourth-order valence-corrected chi connectivity index (χ4v) is 3.44. The Morgan fingerprint density at radius 3 is 2.42 bits per heavy atom. The topological polar surface area (TPSA) is 56.8 Å². The molecule has 0 aliphatic carbocycles. The van der Waals surface area contributed by atoms with E-state index >= 15 is 0 Å². The van der Waals surface area contributed by atoms with E-state index in [1.54, 1.807) is 22.2 Å². The molecule has 1 aromatic heterocycles. The van der Waals surface area contributed by atoms with Crippen molar-refractivity contribution in [2.75, 3.05) is 39.3 Å². The van der Waals surface area contributed by atoms with Gasteiger partial charge in [0.15, 0.2) is 0 Å². The Kier molecular flexibility index (Phi) is 5.45. The molecule has 9 heteroatoms. The SMILES string of the molecule is O=C1CC(C(=O)N2CCN(CC(F)(F)F)CC2)CN1Cc1ccncc1. The first-order valence-electron chi connectivity index (χ1n) is 8.56. The molecule has 0 radical (unpaired) electrons. The number of rotatable bonds is 4. The van der Waals surface area contributed by atoms with E-state index in [0.29, 0.717) is 13.1 Å². The first-order valence-corrected chi connectivity index (χ1v) is 8.56. The summed E-state index contributed by atoms with van der Waals surface area (Å²) in [7, 11) is 0. The molecule has 2 aliphatic heterocycles. The molecule has 0 bridgehead atoms. The van der Waals surface area contributed by atoms with Gasteiger partial charge in [0.1, 0.15) is 0 Å². The molecule has 0 aromatic carbocycles. The average molecular weight is 370 g/mol. The van der Waals surface area contributed by atoms with E-state index in [4.69, 9.17) is 0 Å². The minimum atomic E-state index is -4.22. The second-order valence-corrected chi connectivity index (χ2v) is 6.75. The lowest BCUT2D eigenvalue weighted by Gasteiger charge is -2.36. The van der Waals surface area contributed by atoms with Gasteiger partial charge in [-0.3, -0.25) is 19.5 Å². The number of hydrogen-bond donors (Lipinski definition) is 0. The van der Waals surface area contributed by atoms with Crippen LogP contribution in [0, 0.1) is 5.92 Å². The van der Waals surface area contributed by atoms with Crippen molar-refractivity contribution in [3.63, 3.8) is 0 Å². The van der Waals surface area contributed by atoms with E-state index in [1.807, 2.05) is 12.1 Å². The van der Waals surface area contributed by atoms with Crippen molar-refractivity contribution in [3.05, 3.63) is 30.1 Å². The van der Waals surface area contributed by atoms with Crippen molar-refractivity contribution < 1.29 is 22.8 Å². The minimum Gasteiger partial charge on any atom is -0.340 e. The molecule has 1 atom stereocenters. The van der Waals surface area contributed by atoms with E-state index in [2.05, 4.69) is 4.98 Å². The number of carbonyl (C=O) groups is 2. The van der Waals surface area contributed by atoms with Crippen LogP contribution in [0.25, 0.3) is 0 Å². The Bertz CT molecular complexity index is 645. The molecular weight excluding hydrogens is 349 g/mol. The van der Waals surface area contributed by atoms with Crippen LogP contribution in [0.3, 0.4) is 0 Å². The maximum Gasteiger partial charge on any atom is 0.401 e. The van der Waals surface area contributed by atoms with Gasteiger partial charge in [-0.05, 0) is 17.7 Å². The highest BCUT2D eigenvalue weighted by Crippen LogP contribution is 2.23. The third-order valence-corrected chi connectivity index (χ3v) is 4.77. The standard InChI is InChI=1S/C17H21F3N4O2/c18-17(19,20)12-22-5-7-23(8-6-22)16(26)14-9-15(25)24(11-14)10-13-1-3-21-4-2-13/h1-4,14H,5-12H2. The molecule has 2 amide bonds. The Morgan fingerprint density at radius 1 is 1.15 bits per heavy atom. The van der Waals surface area contributed by atoms with Crippen molar-refractivity contribution >= 4 is 11.8 Å². The van der Waals surface area contributed by atoms with Gasteiger partial charge in [0, 0.05) is 58.1 Å². The second-order valence-electron chi connectivity index (χ2n) is 6.75. The fraction of sp³-hybridized carbons (Fsp3) is 0.588. The van der Waals surface area contributed by atoms with Crippen LogP contribution in [-0.2, 0) is 16.1 Å². The number of amides is 2. The zero-order valence-corrected chi connectivity index (χ0v) is 14.3. The highest BCUT2D eigenvalue weighted by Gasteiger charge is 2.38. The highest BCUT2D eigenvalue weighted by molar-refractivity contribution is 5.89. The molecule has 3 heterocycles. The molecule has 2 saturated heterocycles. The van der Waals surface area contributed by atoms with Crippen LogP contribution >= 0.6 is 0 Å². The van der Waals surface area contributed by atoms with Gasteiger partial charge in [-0.1, -0.05) is 0 Å². The van der Waals surface area contributed by atoms with Gasteiger partial charge in [0.25, 0.3) is 0 Å². The summed E-state index contributed by atoms with van der Waals surface area (Å²) in [6.45, 7) is 0.775. The van der Waals surface area contributed by atoms with Crippen LogP contribution in [0.2, 0.25) is 0 Å². The number of hydrogen-bond acceptors (Lipinski definition) is 4. The molecule has 0 N–H and O–H groups in total. The first-order chi connectivity index (χ1) is 12.3. The van der Waals surface area contributed by atoms with Gasteiger partial charge < -0.3 is 9.80 Å². The average Bonchev–Trinajstić information content (AvgIpc) is 2.95. The van der Waals surface area contributed by atoms with Crippen LogP contribution < -0.4 is 0 Å². The predicted molar refractivity (Wildman–Crippen MR) is 86.8 cm³/mol. The molecule has 0 saturated carbocycles. The first kappa shape index (κ1) is 18.6. The van der Waals surface area contributed by atoms with Crippen LogP contribution in [-0.4, -0.2) is 76.9 Å². The van der Waals surface area contributed by atoms with Gasteiger partial charge in [-0.15, -0.1) is 0 Å². The van der Waals surface area contributed by atoms with Gasteiger partial charge >= 0.3 is 6.18 Å². The number of halogens is 3. The van der Waals surface area contributed by atoms with Crippen molar-refractivity contribution in [2.24, 2.45) is 5.92 Å². The van der Waals surface area contributed by atoms with Gasteiger partial charge in [0.05, 0.1) is 12.5 Å². The van der Waals surface area contributed by atoms with Crippen molar-refractivity contribution in [3.8, 4) is 0 Å². The fourth-order valence-electron chi connectivity index (χ4n) is 3.44. The Morgan fingerprint density at radius 2 is 1.81 bits per heavy atom. The molecule has 2 fully saturated rings. The summed E-state index contributed by atoms with van der Waals surface area (Å²) in [4.78, 5) is 33.3. The molecule has 2 aliphatic rings. The molecule has 3 rings (SSSR count). The Labute approximate surface area is 149 Å². The number of aromatic nitrogens is 1. The highest BCUT2D eigenvalue weighted by atomic mass is 19.4. The van der Waals surface area contributed by atoms with Gasteiger partial charge in [-0.25, -0.2) is 0 Å². The van der Waals surface area contributed by atoms with Crippen molar-refractivity contribution in [2.45, 2.75) is 19.1 Å². The minimum absolute atomic E-state index is 0.0733. The lowest BCUT2D eigenvalue weighted by atomic mass is 10.1. The maximum absolute atomic E-state index is 12.6. The third kappa shape index (κ3) is 4.72. The van der Waals surface area contributed by atoms with Crippen LogP contribution in [0.4, 0.5) is 13.2 Å². The molecular formula is C17H21F3N4O2. The van der Waals surface area contributed by atoms with Crippen LogP contribution in [0.5, 0.6) is 0 Å². The summed E-state index contributed by atoms with van der Waals surface area (Å²) in [6, 6.07) is 3.64. The summed E-state index contributed by atoms with van der Waals surface area (Å²) < 4.78 is 37.3. The monoisotopic (exact) mass is 370 g/mol. The summed E-state index contributed by atoms with van der Waals surface area (Å²) in [5, 5.41) is 0. The quantitative estimate of drug-likeness (QED) is 0.798. The number of carbonyl (C=O) groups excluding carboxylic acids is 2. The molecule has 26 heavy (non-hydrogen) atoms. The number of alkyl halides is 3. The van der Waals surface area contributed by atoms with E-state index in [0.717, 1.165) is 5.56 Å². The Hall–Kier alpha value is -2.16. The summed E-state index contributed by atoms with van der Waals surface area (Å²) in [5.74, 6) is -0.628. The summed E-state index contributed by atoms with van der Waals surface area (Å²) >= 11 is 0. The van der Waals surface area contributed by atoms with E-state index in [1.165, 1.54) is 4.90 Å². The second kappa shape index (κ2) is 7.61. The molecule has 1 aromatic rings. The largest absolute Gasteiger partial charge is 0.401 e. The smallest absolute Gasteiger partial charge is 0.340 e. The number of likely N-dealkylation sites (tertiary alicyclic amines) is 1. The number of nitrogens with zero attached hydrogens (tertiary/aromatic N) is 4. The zero-order chi connectivity index (χ0) is 18.7. The maximum atomic E-state index is 12.6. The van der Waals surface area contributed by atoms with E-state index in [9.17, 15) is 22.8 Å². The summed E-state index contributed by atoms with van der Waals surface area (Å²) in [6.07, 6.45) is -0.762. The van der Waals surface area contributed by atoms with Crippen LogP contribution in [0.1, 0.15) is 12.0 Å². The zero-order valence-electron chi connectivity index (χ0n) is 14.3. The number of pyridine rings is 1. The normalized spacial score (nSPS) is 22.1. The Balaban J connectivity index is 1.51. The summed E-state index contributed by atoms with van der Waals surface area (Å²) in [5.41, 5.74) is 0.946. The van der Waals surface area contributed by atoms with Gasteiger partial charge in [-0.2, -0.15) is 13.2 Å². The van der Waals surface area contributed by atoms with E-state index < -0.39 is 18.6 Å². The molecule has 142 valence electrons. The van der Waals surface area contributed by atoms with Gasteiger partial charge in [0.2, 0.25) is 11.8 Å². The molecule has 0 spiro atoms. The lowest BCUT2D eigenvalue weighted by Crippen LogP contribution is -2.52. The molecule has 6 nitrogen and oxygen atoms in total. The van der Waals surface area contributed by atoms with Crippen LogP contribution in [0.15, 0.2) is 24.5 Å². The van der Waals surface area contributed by atoms with Crippen molar-refractivity contribution in [1.29, 1.82) is 0 Å².